The van der Waals surface area contributed by atoms with Crippen LogP contribution in [0.2, 0.25) is 0 Å². The van der Waals surface area contributed by atoms with Gasteiger partial charge in [-0.05, 0) is 42.3 Å². The number of nitrogens with zero attached hydrogens (tertiary/aromatic N) is 1. The largest absolute Gasteiger partial charge is 0.497 e. The number of hydrogen-bond acceptors (Lipinski definition) is 3. The van der Waals surface area contributed by atoms with Gasteiger partial charge in [0, 0.05) is 39.7 Å². The Morgan fingerprint density at radius 2 is 1.96 bits per heavy atom. The molecule has 1 N–H and O–H groups in total. The van der Waals surface area contributed by atoms with Crippen molar-refractivity contribution in [2.24, 2.45) is 0 Å². The van der Waals surface area contributed by atoms with Crippen LogP contribution in [-0.2, 0) is 12.0 Å². The van der Waals surface area contributed by atoms with Crippen LogP contribution in [0.3, 0.4) is 0 Å². The number of rotatable bonds is 4. The molecule has 1 aliphatic carbocycles. The summed E-state index contributed by atoms with van der Waals surface area (Å²) in [5.41, 5.74) is 4.15. The molecule has 0 spiro atoms. The summed E-state index contributed by atoms with van der Waals surface area (Å²) in [6, 6.07) is 11.7. The molecule has 0 saturated heterocycles. The van der Waals surface area contributed by atoms with Gasteiger partial charge < -0.3 is 14.4 Å². The summed E-state index contributed by atoms with van der Waals surface area (Å²) in [4.78, 5) is 13.5. The van der Waals surface area contributed by atoms with Crippen molar-refractivity contribution in [2.75, 3.05) is 13.7 Å². The Kier molecular flexibility index (Phi) is 4.40. The predicted octanol–water partition coefficient (Wildman–Crippen LogP) is 4.67. The number of fused-ring (bicyclic) bond motifs is 4. The molecular weight excluding hydrogens is 406 g/mol. The van der Waals surface area contributed by atoms with E-state index < -0.39 is 0 Å². The smallest absolute Gasteiger partial charge is 0.195 e. The van der Waals surface area contributed by atoms with Gasteiger partial charge >= 0.3 is 0 Å². The van der Waals surface area contributed by atoms with E-state index in [1.165, 1.54) is 0 Å². The molecule has 0 bridgehead atoms. The zero-order valence-electron chi connectivity index (χ0n) is 15.7. The monoisotopic (exact) mass is 427 g/mol. The van der Waals surface area contributed by atoms with Gasteiger partial charge in [-0.2, -0.15) is 0 Å². The van der Waals surface area contributed by atoms with Crippen LogP contribution in [0.5, 0.6) is 5.75 Å². The third-order valence-corrected chi connectivity index (χ3v) is 6.02. The number of methoxy groups -OCH3 is 1. The minimum atomic E-state index is -0.367. The van der Waals surface area contributed by atoms with E-state index in [0.717, 1.165) is 43.5 Å². The lowest BCUT2D eigenvalue weighted by Gasteiger charge is -2.34. The zero-order chi connectivity index (χ0) is 19.3. The Morgan fingerprint density at radius 1 is 1.19 bits per heavy atom. The van der Waals surface area contributed by atoms with E-state index in [0.29, 0.717) is 13.0 Å². The first-order chi connectivity index (χ1) is 12.9. The number of aliphatic hydroxyl groups excluding tert-OH is 1. The number of aryl methyl sites for hydroxylation is 1. The quantitative estimate of drug-likeness (QED) is 0.658. The molecule has 140 valence electrons. The molecule has 1 aliphatic rings. The van der Waals surface area contributed by atoms with Crippen molar-refractivity contribution in [1.82, 2.24) is 4.57 Å². The molecule has 0 fully saturated rings. The first-order valence-corrected chi connectivity index (χ1v) is 9.85. The number of carbonyl (C=O) groups excluding carboxylic acids is 1. The highest BCUT2D eigenvalue weighted by atomic mass is 79.9. The first-order valence-electron chi connectivity index (χ1n) is 9.06. The van der Waals surface area contributed by atoms with Crippen molar-refractivity contribution in [3.63, 3.8) is 0 Å². The van der Waals surface area contributed by atoms with Gasteiger partial charge in [-0.1, -0.05) is 35.8 Å². The van der Waals surface area contributed by atoms with E-state index in [1.54, 1.807) is 7.11 Å². The van der Waals surface area contributed by atoms with Crippen LogP contribution in [0.1, 0.15) is 47.4 Å². The molecule has 0 atom stereocenters. The fraction of sp³-hybridized carbons (Fsp3) is 0.318. The van der Waals surface area contributed by atoms with Crippen LogP contribution in [0, 0.1) is 0 Å². The summed E-state index contributed by atoms with van der Waals surface area (Å²) in [7, 11) is 1.64. The normalized spacial score (nSPS) is 14.9. The molecule has 1 aromatic heterocycles. The Balaban J connectivity index is 2.08. The summed E-state index contributed by atoms with van der Waals surface area (Å²) < 4.78 is 8.58. The van der Waals surface area contributed by atoms with Crippen molar-refractivity contribution >= 4 is 32.6 Å². The van der Waals surface area contributed by atoms with Gasteiger partial charge in [0.15, 0.2) is 5.78 Å². The average molecular weight is 428 g/mol. The van der Waals surface area contributed by atoms with Crippen LogP contribution in [0.4, 0.5) is 0 Å². The van der Waals surface area contributed by atoms with Crippen LogP contribution >= 0.6 is 15.9 Å². The van der Waals surface area contributed by atoms with Gasteiger partial charge in [-0.3, -0.25) is 4.79 Å². The number of hydrogen-bond donors (Lipinski definition) is 1. The van der Waals surface area contributed by atoms with Crippen molar-refractivity contribution in [2.45, 2.75) is 32.2 Å². The van der Waals surface area contributed by atoms with Crippen molar-refractivity contribution in [3.05, 3.63) is 63.3 Å². The lowest BCUT2D eigenvalue weighted by molar-refractivity contribution is 0.103. The molecule has 3 aromatic rings. The van der Waals surface area contributed by atoms with E-state index in [4.69, 9.17) is 4.74 Å². The maximum Gasteiger partial charge on any atom is 0.195 e. The molecule has 2 aromatic carbocycles. The molecular formula is C22H22BrNO3. The van der Waals surface area contributed by atoms with Gasteiger partial charge in [-0.15, -0.1) is 0 Å². The van der Waals surface area contributed by atoms with E-state index in [-0.39, 0.29) is 17.8 Å². The Labute approximate surface area is 166 Å². The Bertz CT molecular complexity index is 1070. The zero-order valence-corrected chi connectivity index (χ0v) is 17.3. The van der Waals surface area contributed by atoms with Crippen molar-refractivity contribution in [1.29, 1.82) is 0 Å². The number of carbonyl (C=O) groups is 1. The molecule has 0 radical (unpaired) electrons. The highest BCUT2D eigenvalue weighted by Gasteiger charge is 2.41. The number of aliphatic hydroxyl groups is 1. The fourth-order valence-corrected chi connectivity index (χ4v) is 4.64. The minimum absolute atomic E-state index is 0.0528. The second kappa shape index (κ2) is 6.50. The predicted molar refractivity (Wildman–Crippen MR) is 110 cm³/mol. The maximum absolute atomic E-state index is 13.5. The van der Waals surface area contributed by atoms with E-state index in [9.17, 15) is 9.90 Å². The summed E-state index contributed by atoms with van der Waals surface area (Å²) >= 11 is 3.55. The molecule has 0 unspecified atom stereocenters. The topological polar surface area (TPSA) is 51.5 Å². The van der Waals surface area contributed by atoms with Crippen molar-refractivity contribution < 1.29 is 14.6 Å². The van der Waals surface area contributed by atoms with Crippen molar-refractivity contribution in [3.8, 4) is 5.75 Å². The molecule has 27 heavy (non-hydrogen) atoms. The molecule has 4 nitrogen and oxygen atoms in total. The molecule has 4 rings (SSSR count). The summed E-state index contributed by atoms with van der Waals surface area (Å²) in [6.07, 6.45) is 0.637. The third kappa shape index (κ3) is 2.64. The van der Waals surface area contributed by atoms with E-state index >= 15 is 0 Å². The average Bonchev–Trinajstić information content (AvgIpc) is 2.98. The number of benzene rings is 2. The summed E-state index contributed by atoms with van der Waals surface area (Å²) in [5, 5.41) is 10.4. The van der Waals surface area contributed by atoms with E-state index in [2.05, 4.69) is 40.4 Å². The lowest BCUT2D eigenvalue weighted by Crippen LogP contribution is -2.32. The number of ketones is 1. The fourth-order valence-electron chi connectivity index (χ4n) is 4.29. The second-order valence-corrected chi connectivity index (χ2v) is 8.40. The molecule has 5 heteroatoms. The molecule has 0 aliphatic heterocycles. The van der Waals surface area contributed by atoms with Gasteiger partial charge in [0.2, 0.25) is 0 Å². The SMILES string of the molecule is COc1ccc2c(c1)C(C)(C)c1c(c3ccc(Br)cc3n1CCCO)C2=O. The molecule has 1 heterocycles. The second-order valence-electron chi connectivity index (χ2n) is 7.48. The van der Waals surface area contributed by atoms with Gasteiger partial charge in [0.1, 0.15) is 5.75 Å². The summed E-state index contributed by atoms with van der Waals surface area (Å²) in [5.74, 6) is 0.802. The Morgan fingerprint density at radius 3 is 2.67 bits per heavy atom. The Hall–Kier alpha value is -2.11. The first kappa shape index (κ1) is 18.3. The standard InChI is InChI=1S/C22H22BrNO3/c1-22(2)17-12-14(27-3)6-8-15(17)20(26)19-16-7-5-13(23)11-18(16)24(21(19)22)9-4-10-25/h5-8,11-12,25H,4,9-10H2,1-3H3. The minimum Gasteiger partial charge on any atom is -0.497 e. The molecule has 0 amide bonds. The van der Waals surface area contributed by atoms with E-state index in [1.807, 2.05) is 30.3 Å². The van der Waals surface area contributed by atoms with Crippen LogP contribution in [0.25, 0.3) is 10.9 Å². The third-order valence-electron chi connectivity index (χ3n) is 5.53. The maximum atomic E-state index is 13.5. The van der Waals surface area contributed by atoms with Crippen LogP contribution in [-0.4, -0.2) is 29.2 Å². The lowest BCUT2D eigenvalue weighted by atomic mass is 9.71. The van der Waals surface area contributed by atoms with Crippen LogP contribution < -0.4 is 4.74 Å². The highest BCUT2D eigenvalue weighted by Crippen LogP contribution is 2.46. The number of halogens is 1. The van der Waals surface area contributed by atoms with Gasteiger partial charge in [0.25, 0.3) is 0 Å². The van der Waals surface area contributed by atoms with Gasteiger partial charge in [-0.25, -0.2) is 0 Å². The number of ether oxygens (including phenoxy) is 1. The molecule has 0 saturated carbocycles. The van der Waals surface area contributed by atoms with Gasteiger partial charge in [0.05, 0.1) is 18.2 Å². The number of aromatic nitrogens is 1. The van der Waals surface area contributed by atoms with Crippen LogP contribution in [0.15, 0.2) is 40.9 Å². The summed E-state index contributed by atoms with van der Waals surface area (Å²) in [6.45, 7) is 5.08. The highest BCUT2D eigenvalue weighted by molar-refractivity contribution is 9.10.